The van der Waals surface area contributed by atoms with Gasteiger partial charge in [0.15, 0.2) is 0 Å². The molecule has 1 N–H and O–H groups in total. The zero-order valence-corrected chi connectivity index (χ0v) is 16.1. The van der Waals surface area contributed by atoms with Crippen molar-refractivity contribution in [3.05, 3.63) is 41.8 Å². The second kappa shape index (κ2) is 7.37. The number of hydrogen-bond donors (Lipinski definition) is 1. The highest BCUT2D eigenvalue weighted by atomic mass is 32.2. The van der Waals surface area contributed by atoms with Gasteiger partial charge in [-0.25, -0.2) is 17.8 Å². The van der Waals surface area contributed by atoms with Crippen LogP contribution in [0.15, 0.2) is 46.0 Å². The molecule has 0 unspecified atom stereocenters. The first-order valence-corrected chi connectivity index (χ1v) is 11.0. The molecule has 1 aromatic carbocycles. The molecule has 1 saturated heterocycles. The van der Waals surface area contributed by atoms with Gasteiger partial charge in [0.1, 0.15) is 16.3 Å². The van der Waals surface area contributed by atoms with Crippen LogP contribution < -0.4 is 4.72 Å². The third-order valence-electron chi connectivity index (χ3n) is 4.63. The molecule has 3 aromatic rings. The van der Waals surface area contributed by atoms with Gasteiger partial charge in [-0.1, -0.05) is 23.4 Å². The standard InChI is InChI=1S/C17H19N5O3S2/c23-16(12-22-15-5-2-1-4-14(15)18-20-22)21-9-7-13(8-10-21)19-27(24,25)17-6-3-11-26-17/h1-6,11,13,19H,7-10,12H2. The minimum absolute atomic E-state index is 0.0368. The maximum absolute atomic E-state index is 12.6. The van der Waals surface area contributed by atoms with Crippen LogP contribution in [0.4, 0.5) is 0 Å². The summed E-state index contributed by atoms with van der Waals surface area (Å²) in [6.07, 6.45) is 1.18. The minimum atomic E-state index is -3.48. The van der Waals surface area contributed by atoms with E-state index in [4.69, 9.17) is 0 Å². The highest BCUT2D eigenvalue weighted by Crippen LogP contribution is 2.19. The summed E-state index contributed by atoms with van der Waals surface area (Å²) in [4.78, 5) is 14.3. The Labute approximate surface area is 160 Å². The summed E-state index contributed by atoms with van der Waals surface area (Å²) in [6.45, 7) is 1.16. The number of aromatic nitrogens is 3. The zero-order chi connectivity index (χ0) is 18.9. The quantitative estimate of drug-likeness (QED) is 0.693. The summed E-state index contributed by atoms with van der Waals surface area (Å²) in [5, 5.41) is 9.85. The number of piperidine rings is 1. The molecule has 0 saturated carbocycles. The van der Waals surface area contributed by atoms with Crippen LogP contribution in [0.5, 0.6) is 0 Å². The number of thiophene rings is 1. The van der Waals surface area contributed by atoms with Gasteiger partial charge in [-0.05, 0) is 36.4 Å². The smallest absolute Gasteiger partial charge is 0.250 e. The summed E-state index contributed by atoms with van der Waals surface area (Å²) < 4.78 is 29.3. The Morgan fingerprint density at radius 2 is 1.96 bits per heavy atom. The van der Waals surface area contributed by atoms with Crippen LogP contribution in [-0.4, -0.2) is 53.4 Å². The van der Waals surface area contributed by atoms with Gasteiger partial charge in [-0.15, -0.1) is 16.4 Å². The molecule has 27 heavy (non-hydrogen) atoms. The van der Waals surface area contributed by atoms with E-state index in [1.807, 2.05) is 24.3 Å². The molecule has 0 spiro atoms. The predicted octanol–water partition coefficient (Wildman–Crippen LogP) is 1.46. The van der Waals surface area contributed by atoms with E-state index in [-0.39, 0.29) is 18.5 Å². The summed E-state index contributed by atoms with van der Waals surface area (Å²) >= 11 is 1.20. The maximum Gasteiger partial charge on any atom is 0.250 e. The number of fused-ring (bicyclic) bond motifs is 1. The predicted molar refractivity (Wildman–Crippen MR) is 102 cm³/mol. The van der Waals surface area contributed by atoms with Crippen LogP contribution in [-0.2, 0) is 21.4 Å². The lowest BCUT2D eigenvalue weighted by Crippen LogP contribution is -2.47. The summed E-state index contributed by atoms with van der Waals surface area (Å²) in [5.74, 6) is -0.0368. The van der Waals surface area contributed by atoms with E-state index in [9.17, 15) is 13.2 Å². The molecule has 0 aliphatic carbocycles. The Morgan fingerprint density at radius 1 is 1.19 bits per heavy atom. The number of nitrogens with one attached hydrogen (secondary N) is 1. The van der Waals surface area contributed by atoms with E-state index in [0.29, 0.717) is 30.1 Å². The highest BCUT2D eigenvalue weighted by Gasteiger charge is 2.27. The third-order valence-corrected chi connectivity index (χ3v) is 7.55. The summed E-state index contributed by atoms with van der Waals surface area (Å²) in [7, 11) is -3.48. The molecule has 10 heteroatoms. The van der Waals surface area contributed by atoms with E-state index in [1.165, 1.54) is 11.3 Å². The largest absolute Gasteiger partial charge is 0.341 e. The van der Waals surface area contributed by atoms with Crippen molar-refractivity contribution in [3.8, 4) is 0 Å². The van der Waals surface area contributed by atoms with Crippen LogP contribution in [0.2, 0.25) is 0 Å². The Kier molecular flexibility index (Phi) is 4.94. The first kappa shape index (κ1) is 18.1. The minimum Gasteiger partial charge on any atom is -0.341 e. The lowest BCUT2D eigenvalue weighted by Gasteiger charge is -2.32. The van der Waals surface area contributed by atoms with Crippen molar-refractivity contribution in [2.75, 3.05) is 13.1 Å². The van der Waals surface area contributed by atoms with Gasteiger partial charge in [0.05, 0.1) is 5.52 Å². The number of nitrogens with zero attached hydrogens (tertiary/aromatic N) is 4. The van der Waals surface area contributed by atoms with E-state index < -0.39 is 10.0 Å². The molecule has 0 atom stereocenters. The normalized spacial score (nSPS) is 16.1. The van der Waals surface area contributed by atoms with Crippen LogP contribution in [0.25, 0.3) is 11.0 Å². The topological polar surface area (TPSA) is 97.2 Å². The van der Waals surface area contributed by atoms with E-state index >= 15 is 0 Å². The van der Waals surface area contributed by atoms with Crippen LogP contribution >= 0.6 is 11.3 Å². The average molecular weight is 406 g/mol. The number of benzene rings is 1. The van der Waals surface area contributed by atoms with Gasteiger partial charge in [0.2, 0.25) is 15.9 Å². The fourth-order valence-electron chi connectivity index (χ4n) is 3.20. The number of para-hydroxylation sites is 1. The van der Waals surface area contributed by atoms with Crippen molar-refractivity contribution in [1.82, 2.24) is 24.6 Å². The molecule has 1 aliphatic heterocycles. The third kappa shape index (κ3) is 3.87. The van der Waals surface area contributed by atoms with Gasteiger partial charge in [0.25, 0.3) is 0 Å². The van der Waals surface area contributed by atoms with Crippen molar-refractivity contribution in [1.29, 1.82) is 0 Å². The van der Waals surface area contributed by atoms with Crippen LogP contribution in [0.3, 0.4) is 0 Å². The Balaban J connectivity index is 1.34. The molecule has 1 fully saturated rings. The molecule has 1 amide bonds. The second-order valence-electron chi connectivity index (χ2n) is 6.44. The zero-order valence-electron chi connectivity index (χ0n) is 14.5. The fourth-order valence-corrected chi connectivity index (χ4v) is 5.52. The van der Waals surface area contributed by atoms with Gasteiger partial charge < -0.3 is 4.90 Å². The lowest BCUT2D eigenvalue weighted by molar-refractivity contribution is -0.133. The molecule has 4 rings (SSSR count). The molecule has 8 nitrogen and oxygen atoms in total. The molecule has 1 aliphatic rings. The number of amides is 1. The monoisotopic (exact) mass is 405 g/mol. The SMILES string of the molecule is O=C(Cn1nnc2ccccc21)N1CCC(NS(=O)(=O)c2cccs2)CC1. The maximum atomic E-state index is 12.6. The number of hydrogen-bond acceptors (Lipinski definition) is 6. The molecular formula is C17H19N5O3S2. The first-order valence-electron chi connectivity index (χ1n) is 8.65. The van der Waals surface area contributed by atoms with Crippen molar-refractivity contribution < 1.29 is 13.2 Å². The van der Waals surface area contributed by atoms with E-state index in [0.717, 1.165) is 11.0 Å². The van der Waals surface area contributed by atoms with Crippen LogP contribution in [0.1, 0.15) is 12.8 Å². The number of carbonyl (C=O) groups excluding carboxylic acids is 1. The van der Waals surface area contributed by atoms with E-state index in [2.05, 4.69) is 15.0 Å². The molecule has 3 heterocycles. The van der Waals surface area contributed by atoms with Crippen molar-refractivity contribution in [2.24, 2.45) is 0 Å². The van der Waals surface area contributed by atoms with Crippen molar-refractivity contribution in [2.45, 2.75) is 29.6 Å². The summed E-state index contributed by atoms with van der Waals surface area (Å²) in [5.41, 5.74) is 1.58. The van der Waals surface area contributed by atoms with Gasteiger partial charge >= 0.3 is 0 Å². The number of rotatable bonds is 5. The van der Waals surface area contributed by atoms with Gasteiger partial charge in [-0.2, -0.15) is 0 Å². The van der Waals surface area contributed by atoms with Gasteiger partial charge in [0, 0.05) is 19.1 Å². The number of carbonyl (C=O) groups is 1. The van der Waals surface area contributed by atoms with E-state index in [1.54, 1.807) is 27.1 Å². The fraction of sp³-hybridized carbons (Fsp3) is 0.353. The number of sulfonamides is 1. The molecule has 142 valence electrons. The van der Waals surface area contributed by atoms with Crippen molar-refractivity contribution in [3.63, 3.8) is 0 Å². The Bertz CT molecular complexity index is 1040. The molecular weight excluding hydrogens is 386 g/mol. The lowest BCUT2D eigenvalue weighted by atomic mass is 10.1. The van der Waals surface area contributed by atoms with Crippen LogP contribution in [0, 0.1) is 0 Å². The first-order chi connectivity index (χ1) is 13.0. The Hall–Kier alpha value is -2.30. The highest BCUT2D eigenvalue weighted by molar-refractivity contribution is 7.91. The number of likely N-dealkylation sites (tertiary alicyclic amines) is 1. The molecule has 0 radical (unpaired) electrons. The molecule has 2 aromatic heterocycles. The second-order valence-corrected chi connectivity index (χ2v) is 9.33. The Morgan fingerprint density at radius 3 is 2.70 bits per heavy atom. The van der Waals surface area contributed by atoms with Crippen molar-refractivity contribution >= 4 is 38.3 Å². The molecule has 0 bridgehead atoms. The average Bonchev–Trinajstić information content (AvgIpc) is 3.33. The summed E-state index contributed by atoms with van der Waals surface area (Å²) in [6, 6.07) is 10.7. The van der Waals surface area contributed by atoms with Gasteiger partial charge in [-0.3, -0.25) is 4.79 Å².